The molecule has 2 unspecified atom stereocenters. The standard InChI is InChI=1S/C16H24N2O/c1-11-5-3-4-6-13(11)10-18-14-7-8-16(17)15(9-14)12(2)19/h7-9,11,13,18H,3-6,10,17H2,1-2H3. The molecule has 0 radical (unpaired) electrons. The van der Waals surface area contributed by atoms with Gasteiger partial charge < -0.3 is 11.1 Å². The fraction of sp³-hybridized carbons (Fsp3) is 0.562. The number of hydrogen-bond donors (Lipinski definition) is 2. The molecule has 2 rings (SSSR count). The van der Waals surface area contributed by atoms with Crippen molar-refractivity contribution in [1.29, 1.82) is 0 Å². The predicted octanol–water partition coefficient (Wildman–Crippen LogP) is 3.71. The molecule has 0 heterocycles. The second-order valence-corrected chi connectivity index (χ2v) is 5.76. The maximum atomic E-state index is 11.5. The monoisotopic (exact) mass is 260 g/mol. The minimum absolute atomic E-state index is 0.0205. The third kappa shape index (κ3) is 3.49. The van der Waals surface area contributed by atoms with Gasteiger partial charge in [-0.3, -0.25) is 4.79 Å². The number of nitrogen functional groups attached to an aromatic ring is 1. The van der Waals surface area contributed by atoms with E-state index in [4.69, 9.17) is 5.73 Å². The highest BCUT2D eigenvalue weighted by Gasteiger charge is 2.20. The number of benzene rings is 1. The highest BCUT2D eigenvalue weighted by atomic mass is 16.1. The van der Waals surface area contributed by atoms with E-state index in [0.717, 1.165) is 24.1 Å². The van der Waals surface area contributed by atoms with Crippen molar-refractivity contribution in [2.45, 2.75) is 39.5 Å². The lowest BCUT2D eigenvalue weighted by Crippen LogP contribution is -2.24. The summed E-state index contributed by atoms with van der Waals surface area (Å²) in [6.45, 7) is 4.89. The van der Waals surface area contributed by atoms with Crippen LogP contribution in [0.1, 0.15) is 49.9 Å². The third-order valence-corrected chi connectivity index (χ3v) is 4.29. The summed E-state index contributed by atoms with van der Waals surface area (Å²) in [6, 6.07) is 5.63. The second-order valence-electron chi connectivity index (χ2n) is 5.76. The van der Waals surface area contributed by atoms with Crippen LogP contribution in [0.4, 0.5) is 11.4 Å². The van der Waals surface area contributed by atoms with E-state index in [0.29, 0.717) is 11.3 Å². The lowest BCUT2D eigenvalue weighted by atomic mass is 9.80. The van der Waals surface area contributed by atoms with Crippen molar-refractivity contribution in [2.75, 3.05) is 17.6 Å². The molecule has 3 heteroatoms. The topological polar surface area (TPSA) is 55.1 Å². The van der Waals surface area contributed by atoms with Crippen molar-refractivity contribution >= 4 is 17.2 Å². The van der Waals surface area contributed by atoms with Gasteiger partial charge in [0.25, 0.3) is 0 Å². The number of anilines is 2. The van der Waals surface area contributed by atoms with E-state index in [1.165, 1.54) is 25.7 Å². The smallest absolute Gasteiger partial charge is 0.161 e. The van der Waals surface area contributed by atoms with Gasteiger partial charge in [0.15, 0.2) is 5.78 Å². The fourth-order valence-electron chi connectivity index (χ4n) is 2.92. The third-order valence-electron chi connectivity index (χ3n) is 4.29. The van der Waals surface area contributed by atoms with Crippen molar-refractivity contribution in [3.8, 4) is 0 Å². The number of Topliss-reactive ketones (excluding diaryl/α,β-unsaturated/α-hetero) is 1. The Balaban J connectivity index is 1.99. The lowest BCUT2D eigenvalue weighted by molar-refractivity contribution is 0.101. The lowest BCUT2D eigenvalue weighted by Gasteiger charge is -2.29. The van der Waals surface area contributed by atoms with Gasteiger partial charge in [0, 0.05) is 23.5 Å². The van der Waals surface area contributed by atoms with Gasteiger partial charge in [-0.05, 0) is 43.4 Å². The van der Waals surface area contributed by atoms with Crippen molar-refractivity contribution in [2.24, 2.45) is 11.8 Å². The van der Waals surface area contributed by atoms with Gasteiger partial charge in [-0.2, -0.15) is 0 Å². The summed E-state index contributed by atoms with van der Waals surface area (Å²) in [5.41, 5.74) is 7.97. The average Bonchev–Trinajstić information content (AvgIpc) is 2.39. The molecule has 3 nitrogen and oxygen atoms in total. The van der Waals surface area contributed by atoms with Gasteiger partial charge in [0.2, 0.25) is 0 Å². The van der Waals surface area contributed by atoms with Crippen LogP contribution < -0.4 is 11.1 Å². The Kier molecular flexibility index (Phi) is 4.46. The van der Waals surface area contributed by atoms with Crippen LogP contribution >= 0.6 is 0 Å². The summed E-state index contributed by atoms with van der Waals surface area (Å²) in [7, 11) is 0. The molecule has 19 heavy (non-hydrogen) atoms. The molecule has 0 bridgehead atoms. The normalized spacial score (nSPS) is 23.1. The molecule has 2 atom stereocenters. The van der Waals surface area contributed by atoms with Gasteiger partial charge in [-0.1, -0.05) is 26.2 Å². The number of carbonyl (C=O) groups excluding carboxylic acids is 1. The number of ketones is 1. The second kappa shape index (κ2) is 6.09. The number of hydrogen-bond acceptors (Lipinski definition) is 3. The zero-order chi connectivity index (χ0) is 13.8. The minimum atomic E-state index is 0.0205. The highest BCUT2D eigenvalue weighted by molar-refractivity contribution is 5.99. The number of nitrogens with two attached hydrogens (primary N) is 1. The molecule has 3 N–H and O–H groups in total. The molecule has 1 fully saturated rings. The van der Waals surface area contributed by atoms with Crippen LogP contribution in [0.15, 0.2) is 18.2 Å². The molecule has 1 aromatic carbocycles. The van der Waals surface area contributed by atoms with Crippen LogP contribution in [0, 0.1) is 11.8 Å². The first-order valence-electron chi connectivity index (χ1n) is 7.22. The predicted molar refractivity (Wildman–Crippen MR) is 80.5 cm³/mol. The molecular weight excluding hydrogens is 236 g/mol. The molecule has 0 saturated heterocycles. The summed E-state index contributed by atoms with van der Waals surface area (Å²) in [6.07, 6.45) is 5.36. The fourth-order valence-corrected chi connectivity index (χ4v) is 2.92. The van der Waals surface area contributed by atoms with Gasteiger partial charge in [-0.25, -0.2) is 0 Å². The van der Waals surface area contributed by atoms with Crippen LogP contribution in [0.3, 0.4) is 0 Å². The van der Waals surface area contributed by atoms with E-state index in [1.54, 1.807) is 6.92 Å². The Labute approximate surface area is 115 Å². The quantitative estimate of drug-likeness (QED) is 0.641. The van der Waals surface area contributed by atoms with E-state index in [9.17, 15) is 4.79 Å². The zero-order valence-electron chi connectivity index (χ0n) is 11.9. The van der Waals surface area contributed by atoms with E-state index in [1.807, 2.05) is 18.2 Å². The molecular formula is C16H24N2O. The zero-order valence-corrected chi connectivity index (χ0v) is 11.9. The van der Waals surface area contributed by atoms with E-state index in [2.05, 4.69) is 12.2 Å². The summed E-state index contributed by atoms with van der Waals surface area (Å²) in [5.74, 6) is 1.56. The van der Waals surface area contributed by atoms with Crippen LogP contribution in [-0.2, 0) is 0 Å². The van der Waals surface area contributed by atoms with Gasteiger partial charge in [0.05, 0.1) is 0 Å². The molecule has 1 saturated carbocycles. The molecule has 1 aromatic rings. The van der Waals surface area contributed by atoms with E-state index in [-0.39, 0.29) is 5.78 Å². The maximum absolute atomic E-state index is 11.5. The molecule has 1 aliphatic rings. The number of carbonyl (C=O) groups is 1. The Hall–Kier alpha value is -1.51. The van der Waals surface area contributed by atoms with Crippen LogP contribution in [-0.4, -0.2) is 12.3 Å². The van der Waals surface area contributed by atoms with Crippen molar-refractivity contribution in [1.82, 2.24) is 0 Å². The van der Waals surface area contributed by atoms with E-state index < -0.39 is 0 Å². The maximum Gasteiger partial charge on any atom is 0.161 e. The molecule has 0 spiro atoms. The Morgan fingerprint density at radius 1 is 1.37 bits per heavy atom. The summed E-state index contributed by atoms with van der Waals surface area (Å²) >= 11 is 0. The Bertz CT molecular complexity index is 456. The summed E-state index contributed by atoms with van der Waals surface area (Å²) < 4.78 is 0. The SMILES string of the molecule is CC(=O)c1cc(NCC2CCCCC2C)ccc1N. The van der Waals surface area contributed by atoms with Gasteiger partial charge in [-0.15, -0.1) is 0 Å². The first kappa shape index (κ1) is 13.9. The van der Waals surface area contributed by atoms with E-state index >= 15 is 0 Å². The molecule has 0 aliphatic heterocycles. The van der Waals surface area contributed by atoms with Crippen molar-refractivity contribution in [3.63, 3.8) is 0 Å². The Morgan fingerprint density at radius 2 is 2.11 bits per heavy atom. The summed E-state index contributed by atoms with van der Waals surface area (Å²) in [5, 5.41) is 3.46. The average molecular weight is 260 g/mol. The van der Waals surface area contributed by atoms with Gasteiger partial charge >= 0.3 is 0 Å². The first-order valence-corrected chi connectivity index (χ1v) is 7.22. The first-order chi connectivity index (χ1) is 9.08. The molecule has 0 aromatic heterocycles. The van der Waals surface area contributed by atoms with Crippen molar-refractivity contribution < 1.29 is 4.79 Å². The van der Waals surface area contributed by atoms with Crippen LogP contribution in [0.2, 0.25) is 0 Å². The highest BCUT2D eigenvalue weighted by Crippen LogP contribution is 2.30. The molecule has 104 valence electrons. The Morgan fingerprint density at radius 3 is 2.79 bits per heavy atom. The van der Waals surface area contributed by atoms with Gasteiger partial charge in [0.1, 0.15) is 0 Å². The van der Waals surface area contributed by atoms with Crippen molar-refractivity contribution in [3.05, 3.63) is 23.8 Å². The number of rotatable bonds is 4. The molecule has 0 amide bonds. The van der Waals surface area contributed by atoms with Crippen LogP contribution in [0.5, 0.6) is 0 Å². The largest absolute Gasteiger partial charge is 0.398 e. The molecule has 1 aliphatic carbocycles. The number of nitrogens with one attached hydrogen (secondary N) is 1. The van der Waals surface area contributed by atoms with Crippen LogP contribution in [0.25, 0.3) is 0 Å². The summed E-state index contributed by atoms with van der Waals surface area (Å²) in [4.78, 5) is 11.5. The minimum Gasteiger partial charge on any atom is -0.398 e.